The summed E-state index contributed by atoms with van der Waals surface area (Å²) in [6.07, 6.45) is 6.15. The van der Waals surface area contributed by atoms with Crippen molar-refractivity contribution in [3.63, 3.8) is 0 Å². The second-order valence-electron chi connectivity index (χ2n) is 6.03. The quantitative estimate of drug-likeness (QED) is 0.517. The molecule has 0 aliphatic carbocycles. The third-order valence-electron chi connectivity index (χ3n) is 4.45. The second kappa shape index (κ2) is 13.5. The summed E-state index contributed by atoms with van der Waals surface area (Å²) in [5.41, 5.74) is 12.4. The van der Waals surface area contributed by atoms with E-state index < -0.39 is 0 Å². The lowest BCUT2D eigenvalue weighted by molar-refractivity contribution is 0.174. The SMILES string of the molecule is CCCCN(CCCC)CCC(N)C(CN)N(CC)CC. The molecule has 128 valence electrons. The van der Waals surface area contributed by atoms with Gasteiger partial charge in [0.2, 0.25) is 0 Å². The summed E-state index contributed by atoms with van der Waals surface area (Å²) < 4.78 is 0. The van der Waals surface area contributed by atoms with Gasteiger partial charge in [-0.1, -0.05) is 40.5 Å². The maximum absolute atomic E-state index is 6.44. The van der Waals surface area contributed by atoms with Crippen molar-refractivity contribution in [3.8, 4) is 0 Å². The highest BCUT2D eigenvalue weighted by molar-refractivity contribution is 4.83. The molecule has 21 heavy (non-hydrogen) atoms. The highest BCUT2D eigenvalue weighted by Gasteiger charge is 2.21. The minimum Gasteiger partial charge on any atom is -0.329 e. The number of hydrogen-bond donors (Lipinski definition) is 2. The highest BCUT2D eigenvalue weighted by atomic mass is 15.2. The molecular weight excluding hydrogens is 260 g/mol. The topological polar surface area (TPSA) is 58.5 Å². The maximum Gasteiger partial charge on any atom is 0.0369 e. The number of hydrogen-bond acceptors (Lipinski definition) is 4. The molecular formula is C17H40N4. The van der Waals surface area contributed by atoms with Crippen LogP contribution in [0.3, 0.4) is 0 Å². The Morgan fingerprint density at radius 3 is 1.76 bits per heavy atom. The highest BCUT2D eigenvalue weighted by Crippen LogP contribution is 2.08. The van der Waals surface area contributed by atoms with E-state index in [9.17, 15) is 0 Å². The zero-order valence-electron chi connectivity index (χ0n) is 15.0. The second-order valence-corrected chi connectivity index (χ2v) is 6.03. The minimum absolute atomic E-state index is 0.181. The van der Waals surface area contributed by atoms with E-state index in [1.54, 1.807) is 0 Å². The van der Waals surface area contributed by atoms with Crippen LogP contribution in [-0.4, -0.2) is 61.2 Å². The van der Waals surface area contributed by atoms with Crippen LogP contribution in [0.5, 0.6) is 0 Å². The zero-order valence-corrected chi connectivity index (χ0v) is 15.0. The monoisotopic (exact) mass is 300 g/mol. The molecule has 0 bridgehead atoms. The molecule has 2 unspecified atom stereocenters. The lowest BCUT2D eigenvalue weighted by atomic mass is 10.0. The fraction of sp³-hybridized carbons (Fsp3) is 1.00. The summed E-state index contributed by atoms with van der Waals surface area (Å²) in [5.74, 6) is 0. The van der Waals surface area contributed by atoms with Crippen LogP contribution in [0.25, 0.3) is 0 Å². The number of unbranched alkanes of at least 4 members (excludes halogenated alkanes) is 2. The molecule has 0 amide bonds. The van der Waals surface area contributed by atoms with Crippen LogP contribution in [0.2, 0.25) is 0 Å². The number of nitrogens with zero attached hydrogens (tertiary/aromatic N) is 2. The first-order valence-corrected chi connectivity index (χ1v) is 9.06. The van der Waals surface area contributed by atoms with Gasteiger partial charge in [-0.25, -0.2) is 0 Å². The average Bonchev–Trinajstić information content (AvgIpc) is 2.51. The van der Waals surface area contributed by atoms with Gasteiger partial charge in [-0.15, -0.1) is 0 Å². The Morgan fingerprint density at radius 1 is 0.857 bits per heavy atom. The number of nitrogens with two attached hydrogens (primary N) is 2. The van der Waals surface area contributed by atoms with Gasteiger partial charge in [0.05, 0.1) is 0 Å². The van der Waals surface area contributed by atoms with Crippen molar-refractivity contribution in [3.05, 3.63) is 0 Å². The standard InChI is InChI=1S/C17H40N4/c1-5-9-12-20(13-10-6-2)14-11-16(19)17(15-18)21(7-3)8-4/h16-17H,5-15,18-19H2,1-4H3. The molecule has 0 saturated carbocycles. The molecule has 4 heteroatoms. The van der Waals surface area contributed by atoms with Crippen LogP contribution in [0.15, 0.2) is 0 Å². The lowest BCUT2D eigenvalue weighted by Crippen LogP contribution is -2.52. The smallest absolute Gasteiger partial charge is 0.0369 e. The van der Waals surface area contributed by atoms with E-state index in [0.29, 0.717) is 12.6 Å². The van der Waals surface area contributed by atoms with Crippen LogP contribution in [0, 0.1) is 0 Å². The molecule has 4 N–H and O–H groups in total. The summed E-state index contributed by atoms with van der Waals surface area (Å²) in [7, 11) is 0. The maximum atomic E-state index is 6.44. The molecule has 4 nitrogen and oxygen atoms in total. The van der Waals surface area contributed by atoms with E-state index >= 15 is 0 Å². The Labute approximate surface area is 133 Å². The zero-order chi connectivity index (χ0) is 16.1. The molecule has 0 heterocycles. The molecule has 0 aromatic carbocycles. The fourth-order valence-electron chi connectivity index (χ4n) is 2.91. The van der Waals surface area contributed by atoms with Crippen LogP contribution < -0.4 is 11.5 Å². The molecule has 0 spiro atoms. The molecule has 0 fully saturated rings. The normalized spacial score (nSPS) is 14.9. The third kappa shape index (κ3) is 8.77. The summed E-state index contributed by atoms with van der Waals surface area (Å²) >= 11 is 0. The number of likely N-dealkylation sites (N-methyl/N-ethyl adjacent to an activating group) is 1. The molecule has 0 saturated heterocycles. The Bertz CT molecular complexity index is 211. The van der Waals surface area contributed by atoms with Gasteiger partial charge in [0.15, 0.2) is 0 Å². The first-order chi connectivity index (χ1) is 10.1. The first kappa shape index (κ1) is 20.8. The van der Waals surface area contributed by atoms with E-state index in [4.69, 9.17) is 11.5 Å². The molecule has 0 aliphatic heterocycles. The van der Waals surface area contributed by atoms with Gasteiger partial charge in [0, 0.05) is 18.6 Å². The van der Waals surface area contributed by atoms with Crippen LogP contribution in [0.1, 0.15) is 59.8 Å². The van der Waals surface area contributed by atoms with E-state index in [1.165, 1.54) is 38.8 Å². The van der Waals surface area contributed by atoms with E-state index in [-0.39, 0.29) is 6.04 Å². The minimum atomic E-state index is 0.181. The summed E-state index contributed by atoms with van der Waals surface area (Å²) in [6.45, 7) is 15.1. The van der Waals surface area contributed by atoms with Crippen molar-refractivity contribution in [2.45, 2.75) is 71.9 Å². The Balaban J connectivity index is 4.32. The first-order valence-electron chi connectivity index (χ1n) is 9.06. The molecule has 0 rings (SSSR count). The van der Waals surface area contributed by atoms with Crippen LogP contribution >= 0.6 is 0 Å². The predicted molar refractivity (Wildman–Crippen MR) is 94.6 cm³/mol. The van der Waals surface area contributed by atoms with Crippen molar-refractivity contribution in [2.24, 2.45) is 11.5 Å². The van der Waals surface area contributed by atoms with Crippen molar-refractivity contribution in [1.29, 1.82) is 0 Å². The molecule has 0 aromatic rings. The Morgan fingerprint density at radius 2 is 1.38 bits per heavy atom. The molecule has 0 radical (unpaired) electrons. The van der Waals surface area contributed by atoms with Gasteiger partial charge < -0.3 is 16.4 Å². The summed E-state index contributed by atoms with van der Waals surface area (Å²) in [6, 6.07) is 0.500. The van der Waals surface area contributed by atoms with Crippen molar-refractivity contribution in [2.75, 3.05) is 39.3 Å². The van der Waals surface area contributed by atoms with Gasteiger partial charge >= 0.3 is 0 Å². The fourth-order valence-corrected chi connectivity index (χ4v) is 2.91. The van der Waals surface area contributed by atoms with Crippen molar-refractivity contribution >= 4 is 0 Å². The molecule has 2 atom stereocenters. The predicted octanol–water partition coefficient (Wildman–Crippen LogP) is 2.28. The van der Waals surface area contributed by atoms with Gasteiger partial charge in [-0.05, 0) is 52.0 Å². The number of rotatable bonds is 14. The van der Waals surface area contributed by atoms with Gasteiger partial charge in [0.1, 0.15) is 0 Å². The Kier molecular flexibility index (Phi) is 13.4. The lowest BCUT2D eigenvalue weighted by Gasteiger charge is -2.34. The molecule has 0 aromatic heterocycles. The third-order valence-corrected chi connectivity index (χ3v) is 4.45. The van der Waals surface area contributed by atoms with E-state index in [2.05, 4.69) is 37.5 Å². The van der Waals surface area contributed by atoms with Crippen molar-refractivity contribution < 1.29 is 0 Å². The van der Waals surface area contributed by atoms with E-state index in [0.717, 1.165) is 26.1 Å². The average molecular weight is 301 g/mol. The summed E-state index contributed by atoms with van der Waals surface area (Å²) in [4.78, 5) is 4.98. The van der Waals surface area contributed by atoms with Crippen LogP contribution in [-0.2, 0) is 0 Å². The largest absolute Gasteiger partial charge is 0.329 e. The van der Waals surface area contributed by atoms with Gasteiger partial charge in [-0.3, -0.25) is 4.90 Å². The molecule has 0 aliphatic rings. The van der Waals surface area contributed by atoms with Gasteiger partial charge in [-0.2, -0.15) is 0 Å². The van der Waals surface area contributed by atoms with E-state index in [1.807, 2.05) is 0 Å². The van der Waals surface area contributed by atoms with Gasteiger partial charge in [0.25, 0.3) is 0 Å². The Hall–Kier alpha value is -0.160. The van der Waals surface area contributed by atoms with Crippen LogP contribution in [0.4, 0.5) is 0 Å². The summed E-state index contributed by atoms with van der Waals surface area (Å²) in [5, 5.41) is 0. The van der Waals surface area contributed by atoms with Crippen molar-refractivity contribution in [1.82, 2.24) is 9.80 Å².